The molecule has 0 atom stereocenters. The maximum Gasteiger partial charge on any atom is 0.107 e. The lowest BCUT2D eigenvalue weighted by Gasteiger charge is -2.13. The number of hydrogen-bond donors (Lipinski definition) is 1. The van der Waals surface area contributed by atoms with Gasteiger partial charge in [0.1, 0.15) is 5.01 Å². The molecule has 0 saturated heterocycles. The first-order valence-electron chi connectivity index (χ1n) is 4.79. The quantitative estimate of drug-likeness (QED) is 0.824. The number of rotatable bonds is 1. The van der Waals surface area contributed by atoms with Crippen LogP contribution in [0.4, 0.5) is 0 Å². The normalized spacial score (nSPS) is 13.4. The summed E-state index contributed by atoms with van der Waals surface area (Å²) in [7, 11) is 0. The third-order valence-electron chi connectivity index (χ3n) is 2.42. The average molecular weight is 234 g/mol. The number of aromatic nitrogens is 1. The highest BCUT2D eigenvalue weighted by Gasteiger charge is 2.20. The molecule has 0 unspecified atom stereocenters. The molecule has 15 heavy (non-hydrogen) atoms. The molecule has 1 aliphatic rings. The molecule has 0 fully saturated rings. The van der Waals surface area contributed by atoms with E-state index < -0.39 is 0 Å². The molecule has 0 bridgehead atoms. The van der Waals surface area contributed by atoms with Crippen molar-refractivity contribution in [2.75, 3.05) is 0 Å². The van der Waals surface area contributed by atoms with Crippen LogP contribution >= 0.6 is 23.1 Å². The summed E-state index contributed by atoms with van der Waals surface area (Å²) in [6.07, 6.45) is 0. The Morgan fingerprint density at radius 3 is 3.07 bits per heavy atom. The van der Waals surface area contributed by atoms with E-state index in [1.165, 1.54) is 15.3 Å². The Hall–Kier alpha value is -0.840. The molecule has 0 amide bonds. The van der Waals surface area contributed by atoms with Crippen molar-refractivity contribution in [2.24, 2.45) is 5.73 Å². The molecule has 1 aromatic heterocycles. The Morgan fingerprint density at radius 1 is 1.33 bits per heavy atom. The average Bonchev–Trinajstić information content (AvgIpc) is 2.72. The monoisotopic (exact) mass is 234 g/mol. The summed E-state index contributed by atoms with van der Waals surface area (Å²) in [6.45, 7) is 0.546. The van der Waals surface area contributed by atoms with Crippen LogP contribution in [0.2, 0.25) is 0 Å². The largest absolute Gasteiger partial charge is 0.325 e. The molecule has 1 aliphatic heterocycles. The van der Waals surface area contributed by atoms with Crippen molar-refractivity contribution in [3.63, 3.8) is 0 Å². The highest BCUT2D eigenvalue weighted by atomic mass is 32.2. The first-order valence-corrected chi connectivity index (χ1v) is 6.59. The van der Waals surface area contributed by atoms with Crippen LogP contribution in [-0.4, -0.2) is 4.98 Å². The van der Waals surface area contributed by atoms with E-state index in [0.717, 1.165) is 16.5 Å². The molecule has 4 heteroatoms. The van der Waals surface area contributed by atoms with Crippen LogP contribution in [0.3, 0.4) is 0 Å². The van der Waals surface area contributed by atoms with Crippen molar-refractivity contribution < 1.29 is 0 Å². The fourth-order valence-electron chi connectivity index (χ4n) is 1.73. The SMILES string of the molecule is NCc1nc2c(s1)CSc1ccccc1-2. The Morgan fingerprint density at radius 2 is 2.20 bits per heavy atom. The maximum atomic E-state index is 5.62. The van der Waals surface area contributed by atoms with Gasteiger partial charge < -0.3 is 5.73 Å². The summed E-state index contributed by atoms with van der Waals surface area (Å²) >= 11 is 3.63. The number of thioether (sulfide) groups is 1. The predicted molar refractivity (Wildman–Crippen MR) is 65.0 cm³/mol. The Kier molecular flexibility index (Phi) is 2.27. The number of nitrogens with zero attached hydrogens (tertiary/aromatic N) is 1. The van der Waals surface area contributed by atoms with Gasteiger partial charge in [-0.25, -0.2) is 4.98 Å². The van der Waals surface area contributed by atoms with Crippen LogP contribution in [0.15, 0.2) is 29.2 Å². The highest BCUT2D eigenvalue weighted by molar-refractivity contribution is 7.98. The second-order valence-electron chi connectivity index (χ2n) is 3.37. The zero-order valence-electron chi connectivity index (χ0n) is 8.06. The lowest BCUT2D eigenvalue weighted by atomic mass is 10.1. The number of fused-ring (bicyclic) bond motifs is 3. The lowest BCUT2D eigenvalue weighted by molar-refractivity contribution is 1.04. The highest BCUT2D eigenvalue weighted by Crippen LogP contribution is 2.42. The van der Waals surface area contributed by atoms with Crippen LogP contribution < -0.4 is 5.73 Å². The van der Waals surface area contributed by atoms with Gasteiger partial charge in [-0.05, 0) is 6.07 Å². The van der Waals surface area contributed by atoms with Crippen molar-refractivity contribution in [1.82, 2.24) is 4.98 Å². The van der Waals surface area contributed by atoms with E-state index in [-0.39, 0.29) is 0 Å². The van der Waals surface area contributed by atoms with Crippen molar-refractivity contribution in [3.8, 4) is 11.3 Å². The zero-order valence-corrected chi connectivity index (χ0v) is 9.70. The molecule has 2 N–H and O–H groups in total. The van der Waals surface area contributed by atoms with Gasteiger partial charge in [0.25, 0.3) is 0 Å². The fraction of sp³-hybridized carbons (Fsp3) is 0.182. The second kappa shape index (κ2) is 3.63. The van der Waals surface area contributed by atoms with E-state index in [9.17, 15) is 0 Å². The second-order valence-corrected chi connectivity index (χ2v) is 5.55. The van der Waals surface area contributed by atoms with Gasteiger partial charge in [0.05, 0.1) is 5.69 Å². The Labute approximate surface area is 96.5 Å². The summed E-state index contributed by atoms with van der Waals surface area (Å²) < 4.78 is 0. The van der Waals surface area contributed by atoms with E-state index >= 15 is 0 Å². The smallest absolute Gasteiger partial charge is 0.107 e. The lowest BCUT2D eigenvalue weighted by Crippen LogP contribution is -1.95. The van der Waals surface area contributed by atoms with E-state index in [0.29, 0.717) is 6.54 Å². The van der Waals surface area contributed by atoms with Gasteiger partial charge in [-0.2, -0.15) is 0 Å². The van der Waals surface area contributed by atoms with Crippen LogP contribution in [0.5, 0.6) is 0 Å². The van der Waals surface area contributed by atoms with E-state index in [1.807, 2.05) is 11.8 Å². The molecular weight excluding hydrogens is 224 g/mol. The van der Waals surface area contributed by atoms with E-state index in [4.69, 9.17) is 5.73 Å². The van der Waals surface area contributed by atoms with Gasteiger partial charge in [-0.15, -0.1) is 23.1 Å². The zero-order chi connectivity index (χ0) is 10.3. The minimum atomic E-state index is 0.546. The van der Waals surface area contributed by atoms with E-state index in [1.54, 1.807) is 11.3 Å². The summed E-state index contributed by atoms with van der Waals surface area (Å²) in [5.74, 6) is 1.03. The van der Waals surface area contributed by atoms with Gasteiger partial charge in [0, 0.05) is 27.6 Å². The molecule has 76 valence electrons. The molecule has 0 spiro atoms. The number of hydrogen-bond acceptors (Lipinski definition) is 4. The van der Waals surface area contributed by atoms with Gasteiger partial charge >= 0.3 is 0 Å². The maximum absolute atomic E-state index is 5.62. The third-order valence-corrected chi connectivity index (χ3v) is 4.78. The van der Waals surface area contributed by atoms with Crippen molar-refractivity contribution in [2.45, 2.75) is 17.2 Å². The summed E-state index contributed by atoms with van der Waals surface area (Å²) in [4.78, 5) is 7.28. The first kappa shape index (κ1) is 9.39. The Balaban J connectivity index is 2.20. The van der Waals surface area contributed by atoms with Gasteiger partial charge in [-0.1, -0.05) is 18.2 Å². The molecule has 0 radical (unpaired) electrons. The fourth-order valence-corrected chi connectivity index (χ4v) is 3.82. The van der Waals surface area contributed by atoms with E-state index in [2.05, 4.69) is 29.2 Å². The molecule has 2 heterocycles. The minimum Gasteiger partial charge on any atom is -0.325 e. The standard InChI is InChI=1S/C11H10N2S2/c12-5-10-13-11-7-3-1-2-4-8(7)14-6-9(11)15-10/h1-4H,5-6,12H2. The number of nitrogens with two attached hydrogens (primary N) is 1. The molecule has 1 aromatic carbocycles. The van der Waals surface area contributed by atoms with Crippen LogP contribution in [0.1, 0.15) is 9.88 Å². The van der Waals surface area contributed by atoms with Crippen molar-refractivity contribution in [3.05, 3.63) is 34.2 Å². The summed E-state index contributed by atoms with van der Waals surface area (Å²) in [5, 5.41) is 1.04. The molecular formula is C11H10N2S2. The summed E-state index contributed by atoms with van der Waals surface area (Å²) in [6, 6.07) is 8.44. The van der Waals surface area contributed by atoms with Crippen LogP contribution in [-0.2, 0) is 12.3 Å². The predicted octanol–water partition coefficient (Wildman–Crippen LogP) is 2.87. The molecule has 2 aromatic rings. The number of benzene rings is 1. The molecule has 0 saturated carbocycles. The van der Waals surface area contributed by atoms with Crippen LogP contribution in [0, 0.1) is 0 Å². The molecule has 3 rings (SSSR count). The van der Waals surface area contributed by atoms with Gasteiger partial charge in [0.15, 0.2) is 0 Å². The first-order chi connectivity index (χ1) is 7.38. The minimum absolute atomic E-state index is 0.546. The van der Waals surface area contributed by atoms with Crippen molar-refractivity contribution >= 4 is 23.1 Å². The van der Waals surface area contributed by atoms with Gasteiger partial charge in [-0.3, -0.25) is 0 Å². The Bertz CT molecular complexity index is 505. The third kappa shape index (κ3) is 1.49. The molecule has 0 aliphatic carbocycles. The van der Waals surface area contributed by atoms with Crippen LogP contribution in [0.25, 0.3) is 11.3 Å². The topological polar surface area (TPSA) is 38.9 Å². The summed E-state index contributed by atoms with van der Waals surface area (Å²) in [5.41, 5.74) is 8.03. The van der Waals surface area contributed by atoms with Crippen molar-refractivity contribution in [1.29, 1.82) is 0 Å². The number of thiazole rings is 1. The van der Waals surface area contributed by atoms with Gasteiger partial charge in [0.2, 0.25) is 0 Å². The molecule has 2 nitrogen and oxygen atoms in total.